The third kappa shape index (κ3) is 11.5. The van der Waals surface area contributed by atoms with Crippen LogP contribution in [-0.2, 0) is 14.2 Å². The van der Waals surface area contributed by atoms with E-state index in [2.05, 4.69) is 34.3 Å². The summed E-state index contributed by atoms with van der Waals surface area (Å²) in [6.07, 6.45) is -1.14. The van der Waals surface area contributed by atoms with Gasteiger partial charge < -0.3 is 24.8 Å². The SMILES string of the molecule is COC(=O)c1cc(C#CCNC(=O)OC(C)(C)C)cc(C#CCNC(=O)OC(C)(C)C)c1. The maximum atomic E-state index is 12.0. The van der Waals surface area contributed by atoms with Crippen molar-refractivity contribution in [2.45, 2.75) is 52.7 Å². The lowest BCUT2D eigenvalue weighted by Crippen LogP contribution is -2.32. The van der Waals surface area contributed by atoms with Crippen LogP contribution >= 0.6 is 0 Å². The predicted molar refractivity (Wildman–Crippen MR) is 120 cm³/mol. The van der Waals surface area contributed by atoms with Crippen LogP contribution in [0.5, 0.6) is 0 Å². The van der Waals surface area contributed by atoms with Crippen LogP contribution in [0.3, 0.4) is 0 Å². The number of hydrogen-bond donors (Lipinski definition) is 2. The van der Waals surface area contributed by atoms with E-state index in [9.17, 15) is 14.4 Å². The van der Waals surface area contributed by atoms with Crippen LogP contribution in [0.15, 0.2) is 18.2 Å². The summed E-state index contributed by atoms with van der Waals surface area (Å²) in [5.41, 5.74) is 0.117. The molecule has 0 atom stereocenters. The van der Waals surface area contributed by atoms with Crippen molar-refractivity contribution >= 4 is 18.2 Å². The molecule has 0 aromatic heterocycles. The van der Waals surface area contributed by atoms with Crippen LogP contribution in [0.25, 0.3) is 0 Å². The molecule has 172 valence electrons. The van der Waals surface area contributed by atoms with Crippen LogP contribution < -0.4 is 10.6 Å². The number of amides is 2. The van der Waals surface area contributed by atoms with Crippen LogP contribution in [0, 0.1) is 23.7 Å². The van der Waals surface area contributed by atoms with E-state index in [-0.39, 0.29) is 18.7 Å². The number of methoxy groups -OCH3 is 1. The summed E-state index contributed by atoms with van der Waals surface area (Å²) in [5.74, 6) is 10.8. The monoisotopic (exact) mass is 442 g/mol. The van der Waals surface area contributed by atoms with Crippen LogP contribution in [0.2, 0.25) is 0 Å². The fourth-order valence-electron chi connectivity index (χ4n) is 2.16. The first-order valence-corrected chi connectivity index (χ1v) is 9.94. The standard InChI is InChI=1S/C24H30N2O6/c1-23(2,3)31-21(28)25-12-8-10-17-14-18(16-19(15-17)20(27)30-7)11-9-13-26-22(29)32-24(4,5)6/h14-16H,12-13H2,1-7H3,(H,25,28)(H,26,29). The topological polar surface area (TPSA) is 103 Å². The summed E-state index contributed by atoms with van der Waals surface area (Å²) in [7, 11) is 1.28. The quantitative estimate of drug-likeness (QED) is 0.423. The smallest absolute Gasteiger partial charge is 0.408 e. The zero-order valence-corrected chi connectivity index (χ0v) is 19.6. The highest BCUT2D eigenvalue weighted by Gasteiger charge is 2.16. The van der Waals surface area contributed by atoms with Gasteiger partial charge in [0.05, 0.1) is 25.8 Å². The van der Waals surface area contributed by atoms with E-state index in [4.69, 9.17) is 14.2 Å². The molecule has 0 fully saturated rings. The molecule has 1 aromatic carbocycles. The third-order valence-corrected chi connectivity index (χ3v) is 3.26. The Labute approximate surface area is 189 Å². The molecule has 0 unspecified atom stereocenters. The number of nitrogens with one attached hydrogen (secondary N) is 2. The fraction of sp³-hybridized carbons (Fsp3) is 0.458. The second-order valence-electron chi connectivity index (χ2n) is 8.61. The largest absolute Gasteiger partial charge is 0.465 e. The maximum Gasteiger partial charge on any atom is 0.408 e. The van der Waals surface area contributed by atoms with Gasteiger partial charge >= 0.3 is 18.2 Å². The molecule has 0 radical (unpaired) electrons. The lowest BCUT2D eigenvalue weighted by atomic mass is 10.1. The number of rotatable bonds is 3. The molecule has 8 heteroatoms. The van der Waals surface area contributed by atoms with E-state index in [1.807, 2.05) is 0 Å². The number of benzene rings is 1. The highest BCUT2D eigenvalue weighted by molar-refractivity contribution is 5.90. The summed E-state index contributed by atoms with van der Waals surface area (Å²) < 4.78 is 15.0. The molecule has 0 aliphatic heterocycles. The summed E-state index contributed by atoms with van der Waals surface area (Å²) in [6.45, 7) is 10.7. The van der Waals surface area contributed by atoms with Gasteiger partial charge in [-0.1, -0.05) is 23.7 Å². The Kier molecular flexibility index (Phi) is 9.62. The fourth-order valence-corrected chi connectivity index (χ4v) is 2.16. The number of carbonyl (C=O) groups excluding carboxylic acids is 3. The lowest BCUT2D eigenvalue weighted by Gasteiger charge is -2.19. The molecule has 0 bridgehead atoms. The Morgan fingerprint density at radius 2 is 1.19 bits per heavy atom. The third-order valence-electron chi connectivity index (χ3n) is 3.26. The van der Waals surface area contributed by atoms with Gasteiger partial charge in [-0.2, -0.15) is 0 Å². The van der Waals surface area contributed by atoms with E-state index >= 15 is 0 Å². The molecule has 0 spiro atoms. The van der Waals surface area contributed by atoms with E-state index in [0.717, 1.165) is 0 Å². The van der Waals surface area contributed by atoms with Gasteiger partial charge in [-0.15, -0.1) is 0 Å². The average Bonchev–Trinajstić information content (AvgIpc) is 2.65. The van der Waals surface area contributed by atoms with Crippen LogP contribution in [0.1, 0.15) is 63.0 Å². The van der Waals surface area contributed by atoms with E-state index < -0.39 is 29.4 Å². The first kappa shape index (κ1) is 26.4. The van der Waals surface area contributed by atoms with Crippen molar-refractivity contribution < 1.29 is 28.6 Å². The van der Waals surface area contributed by atoms with Gasteiger partial charge in [0, 0.05) is 11.1 Å². The average molecular weight is 443 g/mol. The van der Waals surface area contributed by atoms with Crippen molar-refractivity contribution in [3.8, 4) is 23.7 Å². The molecule has 2 amide bonds. The number of hydrogen-bond acceptors (Lipinski definition) is 6. The van der Waals surface area contributed by atoms with Gasteiger partial charge in [-0.25, -0.2) is 14.4 Å². The molecule has 1 aromatic rings. The Hall–Kier alpha value is -3.65. The van der Waals surface area contributed by atoms with Crippen molar-refractivity contribution in [2.75, 3.05) is 20.2 Å². The van der Waals surface area contributed by atoms with Crippen LogP contribution in [-0.4, -0.2) is 49.6 Å². The Morgan fingerprint density at radius 1 is 0.781 bits per heavy atom. The molecule has 32 heavy (non-hydrogen) atoms. The van der Waals surface area contributed by atoms with E-state index in [0.29, 0.717) is 11.1 Å². The lowest BCUT2D eigenvalue weighted by molar-refractivity contribution is 0.0523. The van der Waals surface area contributed by atoms with Crippen molar-refractivity contribution in [2.24, 2.45) is 0 Å². The zero-order chi connectivity index (χ0) is 24.4. The van der Waals surface area contributed by atoms with Gasteiger partial charge in [-0.05, 0) is 59.7 Å². The number of alkyl carbamates (subject to hydrolysis) is 2. The summed E-state index contributed by atoms with van der Waals surface area (Å²) >= 11 is 0. The molecule has 0 saturated heterocycles. The first-order valence-electron chi connectivity index (χ1n) is 9.94. The van der Waals surface area contributed by atoms with Gasteiger partial charge in [0.1, 0.15) is 11.2 Å². The van der Waals surface area contributed by atoms with Gasteiger partial charge in [0.2, 0.25) is 0 Å². The van der Waals surface area contributed by atoms with E-state index in [1.54, 1.807) is 59.7 Å². The molecular formula is C24H30N2O6. The van der Waals surface area contributed by atoms with Crippen LogP contribution in [0.4, 0.5) is 9.59 Å². The Bertz CT molecular complexity index is 894. The Balaban J connectivity index is 2.87. The molecule has 8 nitrogen and oxygen atoms in total. The predicted octanol–water partition coefficient (Wildman–Crippen LogP) is 3.23. The van der Waals surface area contributed by atoms with Gasteiger partial charge in [-0.3, -0.25) is 0 Å². The van der Waals surface area contributed by atoms with Crippen molar-refractivity contribution in [3.63, 3.8) is 0 Å². The Morgan fingerprint density at radius 3 is 1.53 bits per heavy atom. The molecule has 0 aliphatic rings. The van der Waals surface area contributed by atoms with Crippen molar-refractivity contribution in [1.82, 2.24) is 10.6 Å². The molecule has 0 heterocycles. The molecule has 0 aliphatic carbocycles. The second-order valence-corrected chi connectivity index (χ2v) is 8.61. The van der Waals surface area contributed by atoms with Crippen molar-refractivity contribution in [1.29, 1.82) is 0 Å². The van der Waals surface area contributed by atoms with Crippen molar-refractivity contribution in [3.05, 3.63) is 34.9 Å². The minimum Gasteiger partial charge on any atom is -0.465 e. The normalized spacial score (nSPS) is 10.5. The molecule has 1 rings (SSSR count). The molecule has 0 saturated carbocycles. The first-order chi connectivity index (χ1) is 14.8. The number of ether oxygens (including phenoxy) is 3. The maximum absolute atomic E-state index is 12.0. The molecule has 2 N–H and O–H groups in total. The summed E-state index contributed by atoms with van der Waals surface area (Å²) in [6, 6.07) is 4.82. The summed E-state index contributed by atoms with van der Waals surface area (Å²) in [5, 5.41) is 5.07. The van der Waals surface area contributed by atoms with Gasteiger partial charge in [0.15, 0.2) is 0 Å². The van der Waals surface area contributed by atoms with Gasteiger partial charge in [0.25, 0.3) is 0 Å². The molecular weight excluding hydrogens is 412 g/mol. The highest BCUT2D eigenvalue weighted by Crippen LogP contribution is 2.11. The minimum absolute atomic E-state index is 0.0676. The zero-order valence-electron chi connectivity index (χ0n) is 19.6. The second kappa shape index (κ2) is 11.7. The highest BCUT2D eigenvalue weighted by atomic mass is 16.6. The number of carbonyl (C=O) groups is 3. The number of esters is 1. The minimum atomic E-state index is -0.599. The van der Waals surface area contributed by atoms with E-state index in [1.165, 1.54) is 7.11 Å². The summed E-state index contributed by atoms with van der Waals surface area (Å²) in [4.78, 5) is 35.3.